The Morgan fingerprint density at radius 1 is 0.618 bits per heavy atom. The first-order chi connectivity index (χ1) is 15.7. The fourth-order valence-corrected chi connectivity index (χ4v) is 8.19. The molecule has 0 spiro atoms. The molecule has 3 aromatic rings. The standard InChI is InChI=1S/C22H17F7O3S2/c1-16-12-14-19(15-13-16)33(17-8-4-2-5-9-17,18-10-6-3-7-11-18)32-34(30,31)22(28,29)20(23,24)21(25,26)27/h2-15H,1H3. The van der Waals surface area contributed by atoms with Gasteiger partial charge in [-0.15, -0.1) is 0 Å². The van der Waals surface area contributed by atoms with Crippen LogP contribution < -0.4 is 0 Å². The largest absolute Gasteiger partial charge is 0.461 e. The minimum atomic E-state index is -6.91. The van der Waals surface area contributed by atoms with Crippen LogP contribution in [0.1, 0.15) is 5.56 Å². The van der Waals surface area contributed by atoms with Gasteiger partial charge in [0.1, 0.15) is 0 Å². The molecule has 12 heteroatoms. The smallest absolute Gasteiger partial charge is 0.202 e. The predicted molar refractivity (Wildman–Crippen MR) is 112 cm³/mol. The van der Waals surface area contributed by atoms with E-state index >= 15 is 0 Å². The van der Waals surface area contributed by atoms with E-state index in [-0.39, 0.29) is 14.7 Å². The molecule has 0 saturated carbocycles. The van der Waals surface area contributed by atoms with E-state index in [0.717, 1.165) is 0 Å². The van der Waals surface area contributed by atoms with Gasteiger partial charge in [-0.3, -0.25) is 0 Å². The number of aryl methyl sites for hydroxylation is 1. The molecule has 0 saturated heterocycles. The molecule has 0 radical (unpaired) electrons. The highest BCUT2D eigenvalue weighted by Gasteiger charge is 2.80. The normalized spacial score (nSPS) is 14.1. The summed E-state index contributed by atoms with van der Waals surface area (Å²) >= 11 is 0. The van der Waals surface area contributed by atoms with Crippen molar-refractivity contribution in [1.29, 1.82) is 0 Å². The van der Waals surface area contributed by atoms with Crippen LogP contribution in [0.2, 0.25) is 0 Å². The van der Waals surface area contributed by atoms with Gasteiger partial charge in [-0.25, -0.2) is 3.63 Å². The molecule has 0 bridgehead atoms. The van der Waals surface area contributed by atoms with Gasteiger partial charge in [0, 0.05) is 14.7 Å². The van der Waals surface area contributed by atoms with Crippen molar-refractivity contribution in [3.8, 4) is 0 Å². The molecule has 0 fully saturated rings. The minimum Gasteiger partial charge on any atom is -0.202 e. The molecule has 184 valence electrons. The molecule has 0 heterocycles. The molecule has 3 rings (SSSR count). The molecule has 0 unspecified atom stereocenters. The molecule has 0 aromatic heterocycles. The van der Waals surface area contributed by atoms with E-state index in [0.29, 0.717) is 5.56 Å². The fraction of sp³-hybridized carbons (Fsp3) is 0.182. The van der Waals surface area contributed by atoms with Crippen molar-refractivity contribution in [2.45, 2.75) is 39.0 Å². The average Bonchev–Trinajstić information content (AvgIpc) is 2.78. The zero-order valence-electron chi connectivity index (χ0n) is 17.3. The highest BCUT2D eigenvalue weighted by molar-refractivity contribution is 8.33. The van der Waals surface area contributed by atoms with Gasteiger partial charge >= 0.3 is 27.5 Å². The highest BCUT2D eigenvalue weighted by atomic mass is 32.3. The summed E-state index contributed by atoms with van der Waals surface area (Å²) in [5, 5.41) is -6.62. The predicted octanol–water partition coefficient (Wildman–Crippen LogP) is 7.33. The number of halogens is 7. The van der Waals surface area contributed by atoms with Crippen molar-refractivity contribution >= 4 is 20.4 Å². The lowest BCUT2D eigenvalue weighted by Gasteiger charge is -2.40. The summed E-state index contributed by atoms with van der Waals surface area (Å²) < 4.78 is 125. The van der Waals surface area contributed by atoms with Crippen LogP contribution in [0.25, 0.3) is 0 Å². The summed E-state index contributed by atoms with van der Waals surface area (Å²) in [6.07, 6.45) is -6.85. The highest BCUT2D eigenvalue weighted by Crippen LogP contribution is 2.71. The van der Waals surface area contributed by atoms with Gasteiger partial charge in [0.05, 0.1) is 0 Å². The van der Waals surface area contributed by atoms with Crippen LogP contribution in [0.15, 0.2) is 99.6 Å². The lowest BCUT2D eigenvalue weighted by molar-refractivity contribution is -0.333. The van der Waals surface area contributed by atoms with Gasteiger partial charge in [-0.2, -0.15) is 39.2 Å². The van der Waals surface area contributed by atoms with Crippen LogP contribution in [-0.2, 0) is 13.7 Å². The Kier molecular flexibility index (Phi) is 6.81. The van der Waals surface area contributed by atoms with Crippen molar-refractivity contribution in [1.82, 2.24) is 0 Å². The zero-order valence-corrected chi connectivity index (χ0v) is 18.9. The van der Waals surface area contributed by atoms with Crippen LogP contribution in [0, 0.1) is 6.92 Å². The maximum Gasteiger partial charge on any atom is 0.461 e. The van der Waals surface area contributed by atoms with E-state index in [2.05, 4.69) is 0 Å². The first-order valence-electron chi connectivity index (χ1n) is 9.45. The van der Waals surface area contributed by atoms with E-state index in [1.54, 1.807) is 6.92 Å². The second-order valence-corrected chi connectivity index (χ2v) is 11.6. The monoisotopic (exact) mass is 526 g/mol. The van der Waals surface area contributed by atoms with E-state index in [1.165, 1.54) is 84.9 Å². The van der Waals surface area contributed by atoms with E-state index in [4.69, 9.17) is 3.63 Å². The molecule has 3 aromatic carbocycles. The molecule has 0 N–H and O–H groups in total. The van der Waals surface area contributed by atoms with E-state index < -0.39 is 37.8 Å². The van der Waals surface area contributed by atoms with Crippen LogP contribution in [0.3, 0.4) is 0 Å². The summed E-state index contributed by atoms with van der Waals surface area (Å²) in [7, 11) is -10.6. The zero-order chi connectivity index (χ0) is 25.4. The van der Waals surface area contributed by atoms with Crippen LogP contribution >= 0.6 is 10.3 Å². The van der Waals surface area contributed by atoms with Gasteiger partial charge in [0.25, 0.3) is 0 Å². The third-order valence-electron chi connectivity index (χ3n) is 4.73. The van der Waals surface area contributed by atoms with Crippen LogP contribution in [0.5, 0.6) is 0 Å². The Morgan fingerprint density at radius 2 is 1.00 bits per heavy atom. The Balaban J connectivity index is 2.36. The molecule has 0 aliphatic heterocycles. The summed E-state index contributed by atoms with van der Waals surface area (Å²) in [6, 6.07) is 19.7. The van der Waals surface area contributed by atoms with Gasteiger partial charge < -0.3 is 0 Å². The number of hydrogen-bond donors (Lipinski definition) is 0. The second kappa shape index (κ2) is 8.90. The first-order valence-corrected chi connectivity index (χ1v) is 12.4. The second-order valence-electron chi connectivity index (χ2n) is 7.11. The minimum absolute atomic E-state index is 0.00907. The third-order valence-corrected chi connectivity index (χ3v) is 9.96. The molecular weight excluding hydrogens is 509 g/mol. The molecule has 0 aliphatic rings. The first kappa shape index (κ1) is 26.0. The van der Waals surface area contributed by atoms with Crippen molar-refractivity contribution < 1.29 is 42.8 Å². The maximum absolute atomic E-state index is 14.4. The number of hydrogen-bond acceptors (Lipinski definition) is 3. The van der Waals surface area contributed by atoms with Gasteiger partial charge in [0.15, 0.2) is 0 Å². The molecule has 0 amide bonds. The molecule has 34 heavy (non-hydrogen) atoms. The van der Waals surface area contributed by atoms with Gasteiger partial charge in [-0.1, -0.05) is 54.1 Å². The van der Waals surface area contributed by atoms with Crippen molar-refractivity contribution in [3.63, 3.8) is 0 Å². The number of alkyl halides is 7. The summed E-state index contributed by atoms with van der Waals surface area (Å²) in [5.74, 6) is -6.91. The maximum atomic E-state index is 14.4. The van der Waals surface area contributed by atoms with Gasteiger partial charge in [-0.05, 0) is 53.6 Å². The Hall–Kier alpha value is -2.57. The Bertz CT molecular complexity index is 1190. The Labute approximate surface area is 192 Å². The number of benzene rings is 3. The van der Waals surface area contributed by atoms with E-state index in [9.17, 15) is 39.2 Å². The fourth-order valence-electron chi connectivity index (χ4n) is 2.98. The molecular formula is C22H17F7O3S2. The lowest BCUT2D eigenvalue weighted by atomic mass is 10.2. The summed E-state index contributed by atoms with van der Waals surface area (Å²) in [6.45, 7) is 1.68. The Morgan fingerprint density at radius 3 is 1.38 bits per heavy atom. The topological polar surface area (TPSA) is 43.4 Å². The SMILES string of the molecule is Cc1ccc(S(OS(=O)(=O)C(F)(F)C(F)(F)C(F)(F)F)(c2ccccc2)c2ccccc2)cc1. The third kappa shape index (κ3) is 4.29. The summed E-state index contributed by atoms with van der Waals surface area (Å²) in [4.78, 5) is -0.0373. The average molecular weight is 526 g/mol. The van der Waals surface area contributed by atoms with Crippen molar-refractivity contribution in [2.24, 2.45) is 0 Å². The van der Waals surface area contributed by atoms with Crippen LogP contribution in [0.4, 0.5) is 30.7 Å². The summed E-state index contributed by atoms with van der Waals surface area (Å²) in [5.41, 5.74) is 0.690. The van der Waals surface area contributed by atoms with Gasteiger partial charge in [0.2, 0.25) is 0 Å². The quantitative estimate of drug-likeness (QED) is 0.303. The van der Waals surface area contributed by atoms with Crippen molar-refractivity contribution in [3.05, 3.63) is 90.5 Å². The van der Waals surface area contributed by atoms with E-state index in [1.807, 2.05) is 0 Å². The van der Waals surface area contributed by atoms with Crippen molar-refractivity contribution in [2.75, 3.05) is 0 Å². The number of rotatable bonds is 7. The molecule has 3 nitrogen and oxygen atoms in total. The molecule has 0 atom stereocenters. The van der Waals surface area contributed by atoms with Crippen LogP contribution in [-0.4, -0.2) is 25.8 Å². The lowest BCUT2D eigenvalue weighted by Crippen LogP contribution is -2.56. The molecule has 0 aliphatic carbocycles.